The van der Waals surface area contributed by atoms with Gasteiger partial charge in [0.25, 0.3) is 5.95 Å². The molecule has 0 unspecified atom stereocenters. The maximum Gasteiger partial charge on any atom is 0.433 e. The van der Waals surface area contributed by atoms with Crippen LogP contribution >= 0.6 is 0 Å². The topological polar surface area (TPSA) is 56.5 Å². The van der Waals surface area contributed by atoms with Crippen molar-refractivity contribution in [2.45, 2.75) is 6.18 Å². The van der Waals surface area contributed by atoms with E-state index in [2.05, 4.69) is 20.3 Å². The summed E-state index contributed by atoms with van der Waals surface area (Å²) in [6, 6.07) is 0.792. The second-order valence-electron chi connectivity index (χ2n) is 2.59. The van der Waals surface area contributed by atoms with Crippen LogP contribution in [0.1, 0.15) is 5.69 Å². The third-order valence-electron chi connectivity index (χ3n) is 1.56. The SMILES string of the molecule is FC(F)(F)c1ccnc(-n2ccnn2)n1. The number of aromatic nitrogens is 5. The molecule has 0 spiro atoms. The molecule has 2 rings (SSSR count). The molecule has 0 aliphatic carbocycles. The molecule has 0 aliphatic heterocycles. The average Bonchev–Trinajstić information content (AvgIpc) is 2.69. The van der Waals surface area contributed by atoms with Gasteiger partial charge in [0.15, 0.2) is 0 Å². The Morgan fingerprint density at radius 3 is 2.60 bits per heavy atom. The van der Waals surface area contributed by atoms with Crippen molar-refractivity contribution in [1.82, 2.24) is 25.0 Å². The summed E-state index contributed by atoms with van der Waals surface area (Å²) in [5.41, 5.74) is -1.01. The highest BCUT2D eigenvalue weighted by molar-refractivity contribution is 5.14. The fourth-order valence-electron chi connectivity index (χ4n) is 0.932. The predicted molar refractivity (Wildman–Crippen MR) is 42.0 cm³/mol. The van der Waals surface area contributed by atoms with Crippen LogP contribution in [0.3, 0.4) is 0 Å². The highest BCUT2D eigenvalue weighted by Crippen LogP contribution is 2.27. The summed E-state index contributed by atoms with van der Waals surface area (Å²) in [5.74, 6) is -0.165. The molecule has 0 bridgehead atoms. The Morgan fingerprint density at radius 1 is 1.20 bits per heavy atom. The lowest BCUT2D eigenvalue weighted by Crippen LogP contribution is -2.11. The first-order chi connectivity index (χ1) is 7.07. The zero-order valence-corrected chi connectivity index (χ0v) is 7.18. The molecule has 0 atom stereocenters. The lowest BCUT2D eigenvalue weighted by molar-refractivity contribution is -0.141. The van der Waals surface area contributed by atoms with Gasteiger partial charge in [0.2, 0.25) is 0 Å². The van der Waals surface area contributed by atoms with Gasteiger partial charge in [0.05, 0.1) is 12.4 Å². The smallest absolute Gasteiger partial charge is 0.220 e. The highest BCUT2D eigenvalue weighted by Gasteiger charge is 2.32. The van der Waals surface area contributed by atoms with E-state index in [1.165, 1.54) is 12.4 Å². The molecule has 2 aromatic rings. The molecule has 0 amide bonds. The van der Waals surface area contributed by atoms with E-state index >= 15 is 0 Å². The van der Waals surface area contributed by atoms with Crippen LogP contribution < -0.4 is 0 Å². The number of nitrogens with zero attached hydrogens (tertiary/aromatic N) is 5. The molecule has 8 heteroatoms. The van der Waals surface area contributed by atoms with E-state index in [-0.39, 0.29) is 5.95 Å². The van der Waals surface area contributed by atoms with Gasteiger partial charge in [-0.25, -0.2) is 9.97 Å². The molecule has 5 nitrogen and oxygen atoms in total. The van der Waals surface area contributed by atoms with Crippen LogP contribution in [0.5, 0.6) is 0 Å². The molecule has 0 fully saturated rings. The van der Waals surface area contributed by atoms with Crippen LogP contribution in [0.4, 0.5) is 13.2 Å². The van der Waals surface area contributed by atoms with Crippen molar-refractivity contribution >= 4 is 0 Å². The molecule has 15 heavy (non-hydrogen) atoms. The second kappa shape index (κ2) is 3.30. The van der Waals surface area contributed by atoms with Crippen molar-refractivity contribution in [2.75, 3.05) is 0 Å². The fourth-order valence-corrected chi connectivity index (χ4v) is 0.932. The van der Waals surface area contributed by atoms with Gasteiger partial charge in [-0.05, 0) is 6.07 Å². The van der Waals surface area contributed by atoms with Crippen molar-refractivity contribution in [1.29, 1.82) is 0 Å². The molecule has 2 heterocycles. The number of hydrogen-bond donors (Lipinski definition) is 0. The van der Waals surface area contributed by atoms with E-state index in [9.17, 15) is 13.2 Å². The Kier molecular flexibility index (Phi) is 2.10. The molecule has 0 saturated heterocycles. The maximum absolute atomic E-state index is 12.3. The number of alkyl halides is 3. The zero-order chi connectivity index (χ0) is 10.9. The first kappa shape index (κ1) is 9.56. The summed E-state index contributed by atoms with van der Waals surface area (Å²) in [7, 11) is 0. The summed E-state index contributed by atoms with van der Waals surface area (Å²) < 4.78 is 37.9. The fraction of sp³-hybridized carbons (Fsp3) is 0.143. The molecule has 2 aromatic heterocycles. The van der Waals surface area contributed by atoms with E-state index in [4.69, 9.17) is 0 Å². The van der Waals surface area contributed by atoms with Gasteiger partial charge in [-0.2, -0.15) is 17.9 Å². The van der Waals surface area contributed by atoms with Gasteiger partial charge in [-0.3, -0.25) is 0 Å². The highest BCUT2D eigenvalue weighted by atomic mass is 19.4. The normalized spacial score (nSPS) is 11.7. The van der Waals surface area contributed by atoms with E-state index in [1.54, 1.807) is 0 Å². The maximum atomic E-state index is 12.3. The lowest BCUT2D eigenvalue weighted by atomic mass is 10.4. The summed E-state index contributed by atoms with van der Waals surface area (Å²) in [5, 5.41) is 6.93. The van der Waals surface area contributed by atoms with E-state index in [1.807, 2.05) is 0 Å². The minimum Gasteiger partial charge on any atom is -0.220 e. The van der Waals surface area contributed by atoms with Gasteiger partial charge in [-0.15, -0.1) is 5.10 Å². The quantitative estimate of drug-likeness (QED) is 0.714. The van der Waals surface area contributed by atoms with Crippen molar-refractivity contribution in [3.05, 3.63) is 30.4 Å². The van der Waals surface area contributed by atoms with Crippen LogP contribution in [0.25, 0.3) is 5.95 Å². The number of hydrogen-bond acceptors (Lipinski definition) is 4. The van der Waals surface area contributed by atoms with Crippen molar-refractivity contribution in [2.24, 2.45) is 0 Å². The predicted octanol–water partition coefficient (Wildman–Crippen LogP) is 1.08. The Bertz CT molecular complexity index is 450. The van der Waals surface area contributed by atoms with E-state index in [0.717, 1.165) is 16.9 Å². The summed E-state index contributed by atoms with van der Waals surface area (Å²) in [6.45, 7) is 0. The first-order valence-electron chi connectivity index (χ1n) is 3.84. The van der Waals surface area contributed by atoms with E-state index < -0.39 is 11.9 Å². The summed E-state index contributed by atoms with van der Waals surface area (Å²) >= 11 is 0. The largest absolute Gasteiger partial charge is 0.433 e. The minimum atomic E-state index is -4.49. The van der Waals surface area contributed by atoms with Gasteiger partial charge in [-0.1, -0.05) is 5.21 Å². The molecule has 0 aromatic carbocycles. The number of rotatable bonds is 1. The molecule has 0 saturated carbocycles. The monoisotopic (exact) mass is 215 g/mol. The summed E-state index contributed by atoms with van der Waals surface area (Å²) in [4.78, 5) is 6.96. The van der Waals surface area contributed by atoms with Crippen LogP contribution in [0, 0.1) is 0 Å². The van der Waals surface area contributed by atoms with Crippen molar-refractivity contribution < 1.29 is 13.2 Å². The van der Waals surface area contributed by atoms with Gasteiger partial charge in [0, 0.05) is 6.20 Å². The lowest BCUT2D eigenvalue weighted by Gasteiger charge is -2.05. The van der Waals surface area contributed by atoms with Gasteiger partial charge < -0.3 is 0 Å². The number of halogens is 3. The molecule has 0 aliphatic rings. The molecular weight excluding hydrogens is 211 g/mol. The second-order valence-corrected chi connectivity index (χ2v) is 2.59. The van der Waals surface area contributed by atoms with Gasteiger partial charge >= 0.3 is 6.18 Å². The third kappa shape index (κ3) is 1.92. The Balaban J connectivity index is 2.44. The third-order valence-corrected chi connectivity index (χ3v) is 1.56. The average molecular weight is 215 g/mol. The first-order valence-corrected chi connectivity index (χ1v) is 3.84. The van der Waals surface area contributed by atoms with Crippen LogP contribution in [-0.2, 0) is 6.18 Å². The van der Waals surface area contributed by atoms with Crippen molar-refractivity contribution in [3.63, 3.8) is 0 Å². The van der Waals surface area contributed by atoms with Crippen LogP contribution in [-0.4, -0.2) is 25.0 Å². The molecule has 78 valence electrons. The molecular formula is C7H4F3N5. The summed E-state index contributed by atoms with van der Waals surface area (Å²) in [6.07, 6.45) is -0.787. The van der Waals surface area contributed by atoms with E-state index in [0.29, 0.717) is 0 Å². The van der Waals surface area contributed by atoms with Crippen molar-refractivity contribution in [3.8, 4) is 5.95 Å². The van der Waals surface area contributed by atoms with Gasteiger partial charge in [0.1, 0.15) is 5.69 Å². The Morgan fingerprint density at radius 2 is 2.00 bits per heavy atom. The molecule has 0 N–H and O–H groups in total. The minimum absolute atomic E-state index is 0.165. The standard InChI is InChI=1S/C7H4F3N5/c8-7(9,10)5-1-2-11-6(13-5)15-4-3-12-14-15/h1-4H. The Labute approximate surface area is 81.6 Å². The van der Waals surface area contributed by atoms with Crippen LogP contribution in [0.15, 0.2) is 24.7 Å². The zero-order valence-electron chi connectivity index (χ0n) is 7.18. The van der Waals surface area contributed by atoms with Crippen LogP contribution in [0.2, 0.25) is 0 Å². The Hall–Kier alpha value is -1.99. The molecule has 0 radical (unpaired) electrons.